The van der Waals surface area contributed by atoms with E-state index >= 15 is 0 Å². The van der Waals surface area contributed by atoms with Gasteiger partial charge in [0.05, 0.1) is 23.4 Å². The first-order valence-electron chi connectivity index (χ1n) is 9.16. The van der Waals surface area contributed by atoms with Gasteiger partial charge < -0.3 is 4.74 Å². The topological polar surface area (TPSA) is 57.0 Å². The first-order chi connectivity index (χ1) is 14.1. The van der Waals surface area contributed by atoms with Crippen LogP contribution in [0.25, 0.3) is 5.69 Å². The van der Waals surface area contributed by atoms with Crippen molar-refractivity contribution in [1.29, 1.82) is 0 Å². The number of esters is 1. The molecule has 2 aromatic carbocycles. The molecule has 0 radical (unpaired) electrons. The molecule has 0 saturated carbocycles. The molecule has 1 aromatic heterocycles. The Kier molecular flexibility index (Phi) is 5.91. The van der Waals surface area contributed by atoms with Crippen molar-refractivity contribution >= 4 is 5.97 Å². The van der Waals surface area contributed by atoms with Gasteiger partial charge in [-0.25, -0.2) is 18.9 Å². The average Bonchev–Trinajstić information content (AvgIpc) is 3.00. The van der Waals surface area contributed by atoms with Crippen molar-refractivity contribution in [3.8, 4) is 5.69 Å². The molecular formula is C21H19F4N3O2. The lowest BCUT2D eigenvalue weighted by Gasteiger charge is -2.09. The molecule has 0 fully saturated rings. The number of hydrogen-bond donors (Lipinski definition) is 0. The monoisotopic (exact) mass is 421 g/mol. The predicted octanol–water partition coefficient (Wildman–Crippen LogP) is 4.81. The Morgan fingerprint density at radius 2 is 1.87 bits per heavy atom. The molecule has 9 heteroatoms. The van der Waals surface area contributed by atoms with E-state index in [0.29, 0.717) is 28.7 Å². The second-order valence-corrected chi connectivity index (χ2v) is 6.73. The van der Waals surface area contributed by atoms with Crippen LogP contribution in [0, 0.1) is 19.7 Å². The van der Waals surface area contributed by atoms with Gasteiger partial charge in [0, 0.05) is 6.42 Å². The van der Waals surface area contributed by atoms with E-state index in [1.807, 2.05) is 0 Å². The lowest BCUT2D eigenvalue weighted by atomic mass is 10.1. The van der Waals surface area contributed by atoms with Crippen LogP contribution in [0.2, 0.25) is 0 Å². The van der Waals surface area contributed by atoms with Crippen molar-refractivity contribution in [3.05, 3.63) is 76.1 Å². The van der Waals surface area contributed by atoms with E-state index in [1.54, 1.807) is 39.0 Å². The smallest absolute Gasteiger partial charge is 0.416 e. The molecule has 3 aromatic rings. The number of ether oxygens (including phenoxy) is 1. The van der Waals surface area contributed by atoms with Crippen molar-refractivity contribution in [2.45, 2.75) is 33.4 Å². The maximum Gasteiger partial charge on any atom is 0.416 e. The Balaban J connectivity index is 1.89. The van der Waals surface area contributed by atoms with Gasteiger partial charge in [0.2, 0.25) is 0 Å². The van der Waals surface area contributed by atoms with Crippen LogP contribution in [0.15, 0.2) is 36.4 Å². The van der Waals surface area contributed by atoms with Gasteiger partial charge in [-0.2, -0.15) is 18.3 Å². The molecule has 0 bridgehead atoms. The van der Waals surface area contributed by atoms with Gasteiger partial charge >= 0.3 is 12.1 Å². The maximum atomic E-state index is 13.6. The van der Waals surface area contributed by atoms with E-state index in [4.69, 9.17) is 4.74 Å². The van der Waals surface area contributed by atoms with E-state index in [0.717, 1.165) is 12.1 Å². The number of rotatable bonds is 5. The van der Waals surface area contributed by atoms with E-state index in [1.165, 1.54) is 4.68 Å². The first kappa shape index (κ1) is 21.5. The van der Waals surface area contributed by atoms with E-state index in [-0.39, 0.29) is 24.4 Å². The molecule has 0 atom stereocenters. The number of hydrogen-bond acceptors (Lipinski definition) is 4. The third-order valence-electron chi connectivity index (χ3n) is 4.41. The molecule has 3 rings (SSSR count). The van der Waals surface area contributed by atoms with Crippen LogP contribution >= 0.6 is 0 Å². The molecule has 0 amide bonds. The number of halogens is 4. The Morgan fingerprint density at radius 3 is 2.50 bits per heavy atom. The summed E-state index contributed by atoms with van der Waals surface area (Å²) < 4.78 is 58.9. The zero-order chi connectivity index (χ0) is 22.1. The second kappa shape index (κ2) is 8.25. The highest BCUT2D eigenvalue weighted by molar-refractivity contribution is 5.91. The number of alkyl halides is 3. The molecular weight excluding hydrogens is 402 g/mol. The van der Waals surface area contributed by atoms with Crippen LogP contribution in [0.4, 0.5) is 17.6 Å². The summed E-state index contributed by atoms with van der Waals surface area (Å²) in [6.07, 6.45) is -4.70. The van der Waals surface area contributed by atoms with Gasteiger partial charge in [0.1, 0.15) is 11.6 Å². The van der Waals surface area contributed by atoms with Crippen LogP contribution in [0.1, 0.15) is 45.6 Å². The molecule has 0 unspecified atom stereocenters. The van der Waals surface area contributed by atoms with Gasteiger partial charge in [0.15, 0.2) is 5.82 Å². The lowest BCUT2D eigenvalue weighted by Crippen LogP contribution is -2.08. The van der Waals surface area contributed by atoms with Crippen molar-refractivity contribution in [3.63, 3.8) is 0 Å². The Morgan fingerprint density at radius 1 is 1.13 bits per heavy atom. The summed E-state index contributed by atoms with van der Waals surface area (Å²) in [6.45, 7) is 5.44. The van der Waals surface area contributed by atoms with Crippen LogP contribution < -0.4 is 0 Å². The standard InChI is InChI=1S/C21H19F4N3O2/c1-4-30-20(29)18-6-5-17(7-12(18)2)28-13(3)26-19(27-28)10-14-8-15(21(23,24)25)11-16(22)9-14/h5-9,11H,4,10H2,1-3H3. The molecule has 1 heterocycles. The summed E-state index contributed by atoms with van der Waals surface area (Å²) in [5, 5.41) is 4.33. The first-order valence-corrected chi connectivity index (χ1v) is 9.16. The second-order valence-electron chi connectivity index (χ2n) is 6.73. The van der Waals surface area contributed by atoms with Crippen molar-refractivity contribution in [2.24, 2.45) is 0 Å². The minimum Gasteiger partial charge on any atom is -0.462 e. The minimum atomic E-state index is -4.64. The predicted molar refractivity (Wildman–Crippen MR) is 101 cm³/mol. The number of nitrogens with zero attached hydrogens (tertiary/aromatic N) is 3. The number of aromatic nitrogens is 3. The number of benzene rings is 2. The highest BCUT2D eigenvalue weighted by Crippen LogP contribution is 2.30. The zero-order valence-electron chi connectivity index (χ0n) is 16.5. The zero-order valence-corrected chi connectivity index (χ0v) is 16.5. The average molecular weight is 421 g/mol. The maximum absolute atomic E-state index is 13.6. The SMILES string of the molecule is CCOC(=O)c1ccc(-n2nc(Cc3cc(F)cc(C(F)(F)F)c3)nc2C)cc1C. The summed E-state index contributed by atoms with van der Waals surface area (Å²) in [6, 6.07) is 7.40. The molecule has 5 nitrogen and oxygen atoms in total. The number of carbonyl (C=O) groups is 1. The fourth-order valence-corrected chi connectivity index (χ4v) is 3.08. The van der Waals surface area contributed by atoms with Crippen molar-refractivity contribution in [1.82, 2.24) is 14.8 Å². The quantitative estimate of drug-likeness (QED) is 0.438. The molecule has 158 valence electrons. The highest BCUT2D eigenvalue weighted by Gasteiger charge is 2.31. The Hall–Kier alpha value is -3.23. The third kappa shape index (κ3) is 4.67. The minimum absolute atomic E-state index is 0.0609. The van der Waals surface area contributed by atoms with Crippen LogP contribution in [-0.4, -0.2) is 27.3 Å². The van der Waals surface area contributed by atoms with Crippen molar-refractivity contribution < 1.29 is 27.1 Å². The van der Waals surface area contributed by atoms with Crippen LogP contribution in [0.5, 0.6) is 0 Å². The fraction of sp³-hybridized carbons (Fsp3) is 0.286. The summed E-state index contributed by atoms with van der Waals surface area (Å²) in [5.41, 5.74) is 0.805. The van der Waals surface area contributed by atoms with Gasteiger partial charge in [0.25, 0.3) is 0 Å². The third-order valence-corrected chi connectivity index (χ3v) is 4.41. The molecule has 30 heavy (non-hydrogen) atoms. The summed E-state index contributed by atoms with van der Waals surface area (Å²) >= 11 is 0. The van der Waals surface area contributed by atoms with Crippen molar-refractivity contribution in [2.75, 3.05) is 6.61 Å². The molecule has 0 spiro atoms. The molecule has 0 saturated heterocycles. The summed E-state index contributed by atoms with van der Waals surface area (Å²) in [4.78, 5) is 16.2. The Bertz CT molecular complexity index is 1090. The molecule has 0 aliphatic carbocycles. The van der Waals surface area contributed by atoms with E-state index < -0.39 is 23.5 Å². The van der Waals surface area contributed by atoms with E-state index in [2.05, 4.69) is 10.1 Å². The van der Waals surface area contributed by atoms with Gasteiger partial charge in [-0.3, -0.25) is 0 Å². The van der Waals surface area contributed by atoms with E-state index in [9.17, 15) is 22.4 Å². The largest absolute Gasteiger partial charge is 0.462 e. The van der Waals surface area contributed by atoms with Crippen LogP contribution in [0.3, 0.4) is 0 Å². The van der Waals surface area contributed by atoms with Gasteiger partial charge in [-0.15, -0.1) is 0 Å². The van der Waals surface area contributed by atoms with Crippen LogP contribution in [-0.2, 0) is 17.3 Å². The normalized spacial score (nSPS) is 11.6. The van der Waals surface area contributed by atoms with Gasteiger partial charge in [-0.05, 0) is 68.3 Å². The number of carbonyl (C=O) groups excluding carboxylic acids is 1. The Labute approximate surface area is 170 Å². The molecule has 0 N–H and O–H groups in total. The highest BCUT2D eigenvalue weighted by atomic mass is 19.4. The fourth-order valence-electron chi connectivity index (χ4n) is 3.08. The molecule has 0 aliphatic heterocycles. The number of aryl methyl sites for hydroxylation is 2. The molecule has 0 aliphatic rings. The van der Waals surface area contributed by atoms with Gasteiger partial charge in [-0.1, -0.05) is 0 Å². The lowest BCUT2D eigenvalue weighted by molar-refractivity contribution is -0.137. The summed E-state index contributed by atoms with van der Waals surface area (Å²) in [7, 11) is 0. The summed E-state index contributed by atoms with van der Waals surface area (Å²) in [5.74, 6) is -0.649.